The first-order valence-corrected chi connectivity index (χ1v) is 6.09. The second-order valence-corrected chi connectivity index (χ2v) is 5.86. The van der Waals surface area contributed by atoms with Gasteiger partial charge in [-0.15, -0.1) is 0 Å². The molecule has 1 aliphatic rings. The van der Waals surface area contributed by atoms with Crippen LogP contribution in [-0.4, -0.2) is 52.9 Å². The predicted octanol–water partition coefficient (Wildman–Crippen LogP) is 0.412. The Kier molecular flexibility index (Phi) is 4.58. The van der Waals surface area contributed by atoms with Gasteiger partial charge in [0.15, 0.2) is 0 Å². The first-order chi connectivity index (χ1) is 8.15. The van der Waals surface area contributed by atoms with E-state index < -0.39 is 23.9 Å². The molecule has 0 radical (unpaired) electrons. The summed E-state index contributed by atoms with van der Waals surface area (Å²) in [5.41, 5.74) is -1.87. The fourth-order valence-corrected chi connectivity index (χ4v) is 1.77. The van der Waals surface area contributed by atoms with E-state index in [9.17, 15) is 9.90 Å². The van der Waals surface area contributed by atoms with Crippen molar-refractivity contribution in [3.63, 3.8) is 0 Å². The highest BCUT2D eigenvalue weighted by atomic mass is 16.6. The Balaban J connectivity index is 2.56. The molecular weight excluding hydrogens is 238 g/mol. The molecule has 18 heavy (non-hydrogen) atoms. The highest BCUT2D eigenvalue weighted by Gasteiger charge is 2.39. The standard InChI is InChI=1S/C12H23NO5/c1-8-9(5-12(16,6-14)7-17-8)13-10(15)18-11(2,3)4/h8-9,14,16H,5-7H2,1-4H3,(H,13,15)/t8-,9+,12?/m1/s1. The van der Waals surface area contributed by atoms with Crippen molar-refractivity contribution >= 4 is 6.09 Å². The van der Waals surface area contributed by atoms with Crippen molar-refractivity contribution in [2.45, 2.75) is 57.5 Å². The molecule has 6 heteroatoms. The average molecular weight is 261 g/mol. The van der Waals surface area contributed by atoms with Crippen molar-refractivity contribution in [1.29, 1.82) is 0 Å². The third-order valence-electron chi connectivity index (χ3n) is 2.78. The van der Waals surface area contributed by atoms with Crippen molar-refractivity contribution in [1.82, 2.24) is 5.32 Å². The Morgan fingerprint density at radius 1 is 1.56 bits per heavy atom. The molecule has 0 aliphatic carbocycles. The van der Waals surface area contributed by atoms with Gasteiger partial charge in [-0.05, 0) is 27.7 Å². The molecule has 1 unspecified atom stereocenters. The summed E-state index contributed by atoms with van der Waals surface area (Å²) in [5.74, 6) is 0. The van der Waals surface area contributed by atoms with E-state index in [1.165, 1.54) is 0 Å². The molecule has 3 N–H and O–H groups in total. The summed E-state index contributed by atoms with van der Waals surface area (Å²) < 4.78 is 10.5. The normalized spacial score (nSPS) is 33.0. The number of carbonyl (C=O) groups excluding carboxylic acids is 1. The van der Waals surface area contributed by atoms with Crippen LogP contribution in [0.3, 0.4) is 0 Å². The maximum atomic E-state index is 11.6. The minimum absolute atomic E-state index is 0.0666. The number of hydrogen-bond acceptors (Lipinski definition) is 5. The maximum Gasteiger partial charge on any atom is 0.407 e. The molecule has 1 amide bonds. The predicted molar refractivity (Wildman–Crippen MR) is 65.2 cm³/mol. The zero-order valence-electron chi connectivity index (χ0n) is 11.4. The second-order valence-electron chi connectivity index (χ2n) is 5.86. The van der Waals surface area contributed by atoms with E-state index in [2.05, 4.69) is 5.32 Å². The van der Waals surface area contributed by atoms with Crippen LogP contribution in [-0.2, 0) is 9.47 Å². The molecule has 1 aliphatic heterocycles. The molecular formula is C12H23NO5. The monoisotopic (exact) mass is 261 g/mol. The van der Waals surface area contributed by atoms with Gasteiger partial charge in [0.25, 0.3) is 0 Å². The summed E-state index contributed by atoms with van der Waals surface area (Å²) in [5, 5.41) is 21.7. The summed E-state index contributed by atoms with van der Waals surface area (Å²) >= 11 is 0. The Bertz CT molecular complexity index is 301. The van der Waals surface area contributed by atoms with Crippen LogP contribution in [0.2, 0.25) is 0 Å². The molecule has 1 heterocycles. The van der Waals surface area contributed by atoms with Crippen LogP contribution in [0.1, 0.15) is 34.1 Å². The lowest BCUT2D eigenvalue weighted by Crippen LogP contribution is -2.57. The maximum absolute atomic E-state index is 11.6. The molecule has 3 atom stereocenters. The lowest BCUT2D eigenvalue weighted by Gasteiger charge is -2.39. The average Bonchev–Trinajstić information content (AvgIpc) is 2.21. The number of aliphatic hydroxyl groups is 2. The highest BCUT2D eigenvalue weighted by Crippen LogP contribution is 2.23. The number of nitrogens with one attached hydrogen (secondary N) is 1. The SMILES string of the molecule is C[C@H]1OCC(O)(CO)C[C@@H]1NC(=O)OC(C)(C)C. The van der Waals surface area contributed by atoms with Gasteiger partial charge in [-0.1, -0.05) is 0 Å². The number of alkyl carbamates (subject to hydrolysis) is 1. The lowest BCUT2D eigenvalue weighted by atomic mass is 9.91. The van der Waals surface area contributed by atoms with Gasteiger partial charge in [-0.25, -0.2) is 4.79 Å². The molecule has 0 aromatic heterocycles. The number of aliphatic hydroxyl groups excluding tert-OH is 1. The minimum atomic E-state index is -1.30. The summed E-state index contributed by atoms with van der Waals surface area (Å²) in [7, 11) is 0. The van der Waals surface area contributed by atoms with E-state index in [0.717, 1.165) is 0 Å². The smallest absolute Gasteiger partial charge is 0.407 e. The van der Waals surface area contributed by atoms with Gasteiger partial charge >= 0.3 is 6.09 Å². The van der Waals surface area contributed by atoms with Gasteiger partial charge in [-0.3, -0.25) is 0 Å². The zero-order chi connectivity index (χ0) is 14.0. The van der Waals surface area contributed by atoms with Crippen LogP contribution in [0, 0.1) is 0 Å². The summed E-state index contributed by atoms with van der Waals surface area (Å²) in [6, 6.07) is -0.384. The third kappa shape index (κ3) is 4.44. The molecule has 6 nitrogen and oxygen atoms in total. The summed E-state index contributed by atoms with van der Waals surface area (Å²) in [4.78, 5) is 11.6. The quantitative estimate of drug-likeness (QED) is 0.670. The number of rotatable bonds is 2. The fraction of sp³-hybridized carbons (Fsp3) is 0.917. The van der Waals surface area contributed by atoms with E-state index in [1.54, 1.807) is 27.7 Å². The van der Waals surface area contributed by atoms with Crippen LogP contribution in [0.15, 0.2) is 0 Å². The Labute approximate surface area is 107 Å². The summed E-state index contributed by atoms with van der Waals surface area (Å²) in [6.07, 6.45) is -0.543. The van der Waals surface area contributed by atoms with Crippen molar-refractivity contribution in [2.75, 3.05) is 13.2 Å². The van der Waals surface area contributed by atoms with Crippen molar-refractivity contribution in [3.8, 4) is 0 Å². The largest absolute Gasteiger partial charge is 0.444 e. The molecule has 1 fully saturated rings. The topological polar surface area (TPSA) is 88.0 Å². The van der Waals surface area contributed by atoms with Crippen molar-refractivity contribution < 1.29 is 24.5 Å². The van der Waals surface area contributed by atoms with Gasteiger partial charge in [0.1, 0.15) is 11.2 Å². The van der Waals surface area contributed by atoms with Crippen LogP contribution >= 0.6 is 0 Å². The summed E-state index contributed by atoms with van der Waals surface area (Å²) in [6.45, 7) is 6.80. The first-order valence-electron chi connectivity index (χ1n) is 6.09. The molecule has 106 valence electrons. The molecule has 1 saturated heterocycles. The van der Waals surface area contributed by atoms with Crippen LogP contribution in [0.5, 0.6) is 0 Å². The van der Waals surface area contributed by atoms with Gasteiger partial charge in [0.2, 0.25) is 0 Å². The number of carbonyl (C=O) groups is 1. The van der Waals surface area contributed by atoms with Crippen LogP contribution in [0.25, 0.3) is 0 Å². The number of ether oxygens (including phenoxy) is 2. The van der Waals surface area contributed by atoms with E-state index in [1.807, 2.05) is 0 Å². The fourth-order valence-electron chi connectivity index (χ4n) is 1.77. The molecule has 0 aromatic rings. The van der Waals surface area contributed by atoms with Gasteiger partial charge in [0.05, 0.1) is 25.4 Å². The number of hydrogen-bond donors (Lipinski definition) is 3. The third-order valence-corrected chi connectivity index (χ3v) is 2.78. The molecule has 0 saturated carbocycles. The van der Waals surface area contributed by atoms with E-state index >= 15 is 0 Å². The first kappa shape index (κ1) is 15.2. The lowest BCUT2D eigenvalue weighted by molar-refractivity contribution is -0.146. The van der Waals surface area contributed by atoms with Gasteiger partial charge in [0, 0.05) is 6.42 Å². The van der Waals surface area contributed by atoms with E-state index in [0.29, 0.717) is 0 Å². The van der Waals surface area contributed by atoms with Gasteiger partial charge in [-0.2, -0.15) is 0 Å². The Hall–Kier alpha value is -0.850. The van der Waals surface area contributed by atoms with Crippen LogP contribution < -0.4 is 5.32 Å². The molecule has 1 rings (SSSR count). The molecule has 0 bridgehead atoms. The second kappa shape index (κ2) is 5.42. The van der Waals surface area contributed by atoms with Crippen LogP contribution in [0.4, 0.5) is 4.79 Å². The zero-order valence-corrected chi connectivity index (χ0v) is 11.4. The molecule has 0 aromatic carbocycles. The van der Waals surface area contributed by atoms with Crippen molar-refractivity contribution in [3.05, 3.63) is 0 Å². The number of amides is 1. The highest BCUT2D eigenvalue weighted by molar-refractivity contribution is 5.68. The van der Waals surface area contributed by atoms with E-state index in [-0.39, 0.29) is 25.2 Å². The van der Waals surface area contributed by atoms with Gasteiger partial charge < -0.3 is 25.0 Å². The molecule has 0 spiro atoms. The Morgan fingerprint density at radius 3 is 2.67 bits per heavy atom. The van der Waals surface area contributed by atoms with E-state index in [4.69, 9.17) is 14.6 Å². The van der Waals surface area contributed by atoms with Crippen molar-refractivity contribution in [2.24, 2.45) is 0 Å². The Morgan fingerprint density at radius 2 is 2.17 bits per heavy atom. The minimum Gasteiger partial charge on any atom is -0.444 e.